The van der Waals surface area contributed by atoms with Gasteiger partial charge in [-0.25, -0.2) is 4.90 Å². The maximum Gasteiger partial charge on any atom is 0.263 e. The summed E-state index contributed by atoms with van der Waals surface area (Å²) in [5.74, 6) is 0.0817. The van der Waals surface area contributed by atoms with Crippen molar-refractivity contribution in [3.63, 3.8) is 0 Å². The van der Waals surface area contributed by atoms with Gasteiger partial charge in [0.1, 0.15) is 0 Å². The number of rotatable bonds is 3. The van der Waals surface area contributed by atoms with E-state index in [2.05, 4.69) is 24.0 Å². The van der Waals surface area contributed by atoms with E-state index in [9.17, 15) is 9.59 Å². The Morgan fingerprint density at radius 2 is 1.50 bits per heavy atom. The highest BCUT2D eigenvalue weighted by molar-refractivity contribution is 6.31. The second-order valence-corrected chi connectivity index (χ2v) is 7.09. The zero-order valence-electron chi connectivity index (χ0n) is 14.8. The summed E-state index contributed by atoms with van der Waals surface area (Å²) < 4.78 is 0. The number of benzene rings is 2. The van der Waals surface area contributed by atoms with Gasteiger partial charge >= 0.3 is 0 Å². The fraction of sp³-hybridized carbons (Fsp3) is 0.273. The average molecular weight is 346 g/mol. The molecule has 0 spiro atoms. The molecule has 2 atom stereocenters. The Morgan fingerprint density at radius 1 is 0.885 bits per heavy atom. The van der Waals surface area contributed by atoms with Gasteiger partial charge in [-0.3, -0.25) is 9.59 Å². The molecule has 0 radical (unpaired) electrons. The van der Waals surface area contributed by atoms with Gasteiger partial charge in [-0.05, 0) is 43.0 Å². The standard InChI is InChI=1S/C22H22N2O2/c1-16-12-13-23(17-8-4-2-5-9-17)20(14-16)19-15-21(25)24(22(19)26)18-10-6-3-7-11-18/h2-11,15-16,20H,12-14H2,1H3. The van der Waals surface area contributed by atoms with E-state index in [-0.39, 0.29) is 17.9 Å². The van der Waals surface area contributed by atoms with Gasteiger partial charge in [0.25, 0.3) is 11.8 Å². The van der Waals surface area contributed by atoms with E-state index in [4.69, 9.17) is 0 Å². The van der Waals surface area contributed by atoms with Gasteiger partial charge in [-0.2, -0.15) is 0 Å². The number of nitrogens with zero attached hydrogens (tertiary/aromatic N) is 2. The Labute approximate surface area is 153 Å². The zero-order valence-corrected chi connectivity index (χ0v) is 14.8. The number of para-hydroxylation sites is 2. The van der Waals surface area contributed by atoms with Gasteiger partial charge in [-0.1, -0.05) is 43.3 Å². The van der Waals surface area contributed by atoms with Crippen molar-refractivity contribution in [3.8, 4) is 0 Å². The van der Waals surface area contributed by atoms with Crippen LogP contribution in [-0.2, 0) is 9.59 Å². The van der Waals surface area contributed by atoms with Crippen LogP contribution in [0.3, 0.4) is 0 Å². The van der Waals surface area contributed by atoms with Gasteiger partial charge in [0.2, 0.25) is 0 Å². The number of carbonyl (C=O) groups excluding carboxylic acids is 2. The number of amides is 2. The first-order valence-corrected chi connectivity index (χ1v) is 9.12. The summed E-state index contributed by atoms with van der Waals surface area (Å²) in [5, 5.41) is 0. The summed E-state index contributed by atoms with van der Waals surface area (Å²) in [6, 6.07) is 19.2. The van der Waals surface area contributed by atoms with Crippen LogP contribution in [0.2, 0.25) is 0 Å². The van der Waals surface area contributed by atoms with E-state index in [1.807, 2.05) is 36.4 Å². The van der Waals surface area contributed by atoms with E-state index >= 15 is 0 Å². The Kier molecular flexibility index (Phi) is 4.33. The Balaban J connectivity index is 1.67. The van der Waals surface area contributed by atoms with Crippen LogP contribution in [0.1, 0.15) is 19.8 Å². The number of anilines is 2. The largest absolute Gasteiger partial charge is 0.364 e. The fourth-order valence-electron chi connectivity index (χ4n) is 3.91. The summed E-state index contributed by atoms with van der Waals surface area (Å²) in [6.07, 6.45) is 3.50. The second kappa shape index (κ2) is 6.79. The van der Waals surface area contributed by atoms with Crippen molar-refractivity contribution in [2.75, 3.05) is 16.3 Å². The molecule has 4 rings (SSSR count). The molecule has 0 aliphatic carbocycles. The van der Waals surface area contributed by atoms with Crippen LogP contribution in [0, 0.1) is 5.92 Å². The predicted octanol–water partition coefficient (Wildman–Crippen LogP) is 3.79. The smallest absolute Gasteiger partial charge is 0.263 e. The average Bonchev–Trinajstić information content (AvgIpc) is 2.97. The molecule has 0 N–H and O–H groups in total. The maximum atomic E-state index is 13.1. The Hall–Kier alpha value is -2.88. The maximum absolute atomic E-state index is 13.1. The first-order chi connectivity index (χ1) is 12.6. The summed E-state index contributed by atoms with van der Waals surface area (Å²) in [5.41, 5.74) is 2.34. The molecule has 2 aromatic rings. The lowest BCUT2D eigenvalue weighted by molar-refractivity contribution is -0.120. The first-order valence-electron chi connectivity index (χ1n) is 9.12. The molecule has 2 amide bonds. The predicted molar refractivity (Wildman–Crippen MR) is 103 cm³/mol. The number of hydrogen-bond donors (Lipinski definition) is 0. The van der Waals surface area contributed by atoms with Gasteiger partial charge in [-0.15, -0.1) is 0 Å². The van der Waals surface area contributed by atoms with Crippen LogP contribution >= 0.6 is 0 Å². The molecule has 2 aromatic carbocycles. The van der Waals surface area contributed by atoms with Crippen LogP contribution in [0.5, 0.6) is 0 Å². The molecule has 2 aliphatic rings. The van der Waals surface area contributed by atoms with Gasteiger partial charge in [0.05, 0.1) is 11.7 Å². The zero-order chi connectivity index (χ0) is 18.1. The lowest BCUT2D eigenvalue weighted by atomic mass is 9.87. The quantitative estimate of drug-likeness (QED) is 0.794. The third kappa shape index (κ3) is 2.92. The summed E-state index contributed by atoms with van der Waals surface area (Å²) in [6.45, 7) is 3.10. The van der Waals surface area contributed by atoms with E-state index in [1.165, 1.54) is 11.0 Å². The number of carbonyl (C=O) groups is 2. The van der Waals surface area contributed by atoms with E-state index in [0.29, 0.717) is 17.2 Å². The van der Waals surface area contributed by atoms with Crippen molar-refractivity contribution in [3.05, 3.63) is 72.3 Å². The summed E-state index contributed by atoms with van der Waals surface area (Å²) in [4.78, 5) is 29.2. The lowest BCUT2D eigenvalue weighted by Crippen LogP contribution is -2.45. The Morgan fingerprint density at radius 3 is 2.15 bits per heavy atom. The topological polar surface area (TPSA) is 40.6 Å². The molecule has 2 unspecified atom stereocenters. The van der Waals surface area contributed by atoms with Crippen LogP contribution in [0.15, 0.2) is 72.3 Å². The van der Waals surface area contributed by atoms with Gasteiger partial charge in [0, 0.05) is 23.9 Å². The van der Waals surface area contributed by atoms with Crippen LogP contribution in [0.4, 0.5) is 11.4 Å². The summed E-state index contributed by atoms with van der Waals surface area (Å²) in [7, 11) is 0. The minimum absolute atomic E-state index is 0.0636. The van der Waals surface area contributed by atoms with Crippen molar-refractivity contribution >= 4 is 23.2 Å². The number of hydrogen-bond acceptors (Lipinski definition) is 3. The molecule has 0 saturated carbocycles. The molecule has 4 nitrogen and oxygen atoms in total. The van der Waals surface area contributed by atoms with E-state index in [0.717, 1.165) is 25.1 Å². The van der Waals surface area contributed by atoms with Crippen molar-refractivity contribution in [2.45, 2.75) is 25.8 Å². The van der Waals surface area contributed by atoms with Gasteiger partial charge < -0.3 is 4.90 Å². The minimum Gasteiger partial charge on any atom is -0.364 e. The van der Waals surface area contributed by atoms with Crippen molar-refractivity contribution < 1.29 is 9.59 Å². The summed E-state index contributed by atoms with van der Waals surface area (Å²) >= 11 is 0. The molecule has 4 heteroatoms. The number of piperidine rings is 1. The monoisotopic (exact) mass is 346 g/mol. The van der Waals surface area contributed by atoms with Crippen LogP contribution in [0.25, 0.3) is 0 Å². The van der Waals surface area contributed by atoms with Gasteiger partial charge in [0.15, 0.2) is 0 Å². The normalized spacial score (nSPS) is 23.3. The molecule has 1 fully saturated rings. The SMILES string of the molecule is CC1CCN(c2ccccc2)C(C2=CC(=O)N(c3ccccc3)C2=O)C1. The second-order valence-electron chi connectivity index (χ2n) is 7.09. The first kappa shape index (κ1) is 16.6. The Bertz CT molecular complexity index is 845. The molecular weight excluding hydrogens is 324 g/mol. The van der Waals surface area contributed by atoms with Crippen molar-refractivity contribution in [1.29, 1.82) is 0 Å². The molecule has 26 heavy (non-hydrogen) atoms. The fourth-order valence-corrected chi connectivity index (χ4v) is 3.91. The molecular formula is C22H22N2O2. The van der Waals surface area contributed by atoms with E-state index in [1.54, 1.807) is 12.1 Å². The molecule has 0 aromatic heterocycles. The molecule has 132 valence electrons. The third-order valence-electron chi connectivity index (χ3n) is 5.28. The molecule has 2 heterocycles. The third-order valence-corrected chi connectivity index (χ3v) is 5.28. The number of imide groups is 1. The minimum atomic E-state index is -0.248. The van der Waals surface area contributed by atoms with E-state index < -0.39 is 0 Å². The highest BCUT2D eigenvalue weighted by Crippen LogP contribution is 2.35. The highest BCUT2D eigenvalue weighted by Gasteiger charge is 2.40. The van der Waals surface area contributed by atoms with Crippen molar-refractivity contribution in [1.82, 2.24) is 0 Å². The molecule has 1 saturated heterocycles. The van der Waals surface area contributed by atoms with Crippen molar-refractivity contribution in [2.24, 2.45) is 5.92 Å². The van der Waals surface area contributed by atoms with Crippen LogP contribution < -0.4 is 9.80 Å². The highest BCUT2D eigenvalue weighted by atomic mass is 16.2. The lowest BCUT2D eigenvalue weighted by Gasteiger charge is -2.40. The molecule has 2 aliphatic heterocycles. The molecule has 0 bridgehead atoms. The van der Waals surface area contributed by atoms with Crippen LogP contribution in [-0.4, -0.2) is 24.4 Å².